The fourth-order valence-electron chi connectivity index (χ4n) is 4.80. The highest BCUT2D eigenvalue weighted by molar-refractivity contribution is 5.69. The third kappa shape index (κ3) is 7.23. The fourth-order valence-corrected chi connectivity index (χ4v) is 4.80. The summed E-state index contributed by atoms with van der Waals surface area (Å²) in [7, 11) is 0. The van der Waals surface area contributed by atoms with Crippen LogP contribution in [0.4, 0.5) is 10.1 Å². The molecule has 6 nitrogen and oxygen atoms in total. The van der Waals surface area contributed by atoms with Gasteiger partial charge in [-0.05, 0) is 61.2 Å². The Hall–Kier alpha value is -4.91. The second-order valence-electron chi connectivity index (χ2n) is 10.5. The van der Waals surface area contributed by atoms with Crippen LogP contribution in [0.25, 0.3) is 22.5 Å². The van der Waals surface area contributed by atoms with Gasteiger partial charge in [-0.15, -0.1) is 0 Å². The van der Waals surface area contributed by atoms with Crippen LogP contribution in [0.15, 0.2) is 103 Å². The molecule has 0 saturated heterocycles. The Labute approximate surface area is 245 Å². The van der Waals surface area contributed by atoms with E-state index in [4.69, 9.17) is 14.9 Å². The first-order chi connectivity index (χ1) is 20.4. The molecule has 1 heterocycles. The van der Waals surface area contributed by atoms with Crippen molar-refractivity contribution >= 4 is 11.7 Å². The summed E-state index contributed by atoms with van der Waals surface area (Å²) in [6, 6.07) is 33.4. The number of anilines is 1. The third-order valence-corrected chi connectivity index (χ3v) is 6.89. The second-order valence-corrected chi connectivity index (χ2v) is 10.5. The number of hydrogen-bond donors (Lipinski definition) is 2. The van der Waals surface area contributed by atoms with E-state index < -0.39 is 11.8 Å². The minimum Gasteiger partial charge on any atom is -0.491 e. The number of aliphatic carboxylic acids is 1. The van der Waals surface area contributed by atoms with E-state index in [0.29, 0.717) is 24.3 Å². The molecule has 5 rings (SSSR count). The first-order valence-electron chi connectivity index (χ1n) is 14.1. The molecule has 0 fully saturated rings. The van der Waals surface area contributed by atoms with Crippen LogP contribution in [0.3, 0.4) is 0 Å². The topological polar surface area (TPSA) is 76.4 Å². The van der Waals surface area contributed by atoms with Crippen LogP contribution in [-0.2, 0) is 24.3 Å². The molecule has 0 saturated carbocycles. The third-order valence-electron chi connectivity index (χ3n) is 6.89. The van der Waals surface area contributed by atoms with Crippen LogP contribution in [0, 0.1) is 5.82 Å². The number of aromatic nitrogens is 2. The lowest BCUT2D eigenvalue weighted by atomic mass is 10.1. The van der Waals surface area contributed by atoms with Gasteiger partial charge in [-0.3, -0.25) is 9.48 Å². The molecule has 0 radical (unpaired) electrons. The molecule has 0 spiro atoms. The number of halogens is 1. The Morgan fingerprint density at radius 2 is 1.60 bits per heavy atom. The van der Waals surface area contributed by atoms with Crippen LogP contribution in [0.5, 0.6) is 5.75 Å². The average Bonchev–Trinajstić information content (AvgIpc) is 3.41. The molecule has 0 bridgehead atoms. The van der Waals surface area contributed by atoms with Crippen LogP contribution in [0.2, 0.25) is 0 Å². The molecule has 0 aliphatic carbocycles. The normalized spacial score (nSPS) is 11.0. The van der Waals surface area contributed by atoms with Gasteiger partial charge in [0.15, 0.2) is 0 Å². The summed E-state index contributed by atoms with van der Waals surface area (Å²) in [4.78, 5) is 10.8. The zero-order chi connectivity index (χ0) is 29.5. The largest absolute Gasteiger partial charge is 0.491 e. The van der Waals surface area contributed by atoms with Gasteiger partial charge in [-0.25, -0.2) is 4.39 Å². The highest BCUT2D eigenvalue weighted by Crippen LogP contribution is 2.30. The number of benzene rings is 4. The maximum atomic E-state index is 14.5. The SMILES string of the molecule is CC(C)Oc1cc(CNc2ccc(CCC(=O)O)c(F)c2)ccc1Cn1nc(-c2ccccc2)cc1-c1ccccc1. The lowest BCUT2D eigenvalue weighted by Crippen LogP contribution is -2.11. The zero-order valence-electron chi connectivity index (χ0n) is 23.8. The molecule has 2 N–H and O–H groups in total. The quantitative estimate of drug-likeness (QED) is 0.162. The van der Waals surface area contributed by atoms with E-state index in [1.807, 2.05) is 67.1 Å². The van der Waals surface area contributed by atoms with Crippen molar-refractivity contribution in [2.24, 2.45) is 0 Å². The molecular weight excluding hydrogens is 529 g/mol. The molecule has 42 heavy (non-hydrogen) atoms. The maximum Gasteiger partial charge on any atom is 0.303 e. The number of carboxylic acids is 1. The average molecular weight is 564 g/mol. The summed E-state index contributed by atoms with van der Waals surface area (Å²) in [6.45, 7) is 4.99. The number of nitrogens with zero attached hydrogens (tertiary/aromatic N) is 2. The van der Waals surface area contributed by atoms with Crippen molar-refractivity contribution in [3.05, 3.63) is 126 Å². The summed E-state index contributed by atoms with van der Waals surface area (Å²) in [6.07, 6.45) is 0.0344. The van der Waals surface area contributed by atoms with Gasteiger partial charge in [0, 0.05) is 29.8 Å². The van der Waals surface area contributed by atoms with E-state index in [1.54, 1.807) is 12.1 Å². The Morgan fingerprint density at radius 1 is 0.905 bits per heavy atom. The molecule has 4 aromatic carbocycles. The Morgan fingerprint density at radius 3 is 2.26 bits per heavy atom. The van der Waals surface area contributed by atoms with Gasteiger partial charge in [0.2, 0.25) is 0 Å². The maximum absolute atomic E-state index is 14.5. The van der Waals surface area contributed by atoms with E-state index in [9.17, 15) is 9.18 Å². The monoisotopic (exact) mass is 563 g/mol. The van der Waals surface area contributed by atoms with Crippen molar-refractivity contribution in [2.45, 2.75) is 45.9 Å². The summed E-state index contributed by atoms with van der Waals surface area (Å²) < 4.78 is 22.8. The molecule has 0 aliphatic rings. The predicted molar refractivity (Wildman–Crippen MR) is 164 cm³/mol. The van der Waals surface area contributed by atoms with E-state index in [2.05, 4.69) is 41.7 Å². The molecular formula is C35H34FN3O3. The Kier molecular flexibility index (Phi) is 8.97. The van der Waals surface area contributed by atoms with Crippen molar-refractivity contribution in [3.63, 3.8) is 0 Å². The first-order valence-corrected chi connectivity index (χ1v) is 14.1. The van der Waals surface area contributed by atoms with Crippen LogP contribution in [-0.4, -0.2) is 27.0 Å². The number of carboxylic acid groups (broad SMARTS) is 1. The lowest BCUT2D eigenvalue weighted by molar-refractivity contribution is -0.136. The summed E-state index contributed by atoms with van der Waals surface area (Å²) in [5.41, 5.74) is 7.07. The van der Waals surface area contributed by atoms with E-state index in [-0.39, 0.29) is 18.9 Å². The van der Waals surface area contributed by atoms with Gasteiger partial charge < -0.3 is 15.2 Å². The summed E-state index contributed by atoms with van der Waals surface area (Å²) in [5, 5.41) is 17.1. The number of carbonyl (C=O) groups is 1. The van der Waals surface area contributed by atoms with Crippen LogP contribution < -0.4 is 10.1 Å². The zero-order valence-corrected chi connectivity index (χ0v) is 23.8. The summed E-state index contributed by atoms with van der Waals surface area (Å²) in [5.74, 6) is -0.584. The number of ether oxygens (including phenoxy) is 1. The molecule has 0 unspecified atom stereocenters. The van der Waals surface area contributed by atoms with Gasteiger partial charge in [-0.1, -0.05) is 78.9 Å². The van der Waals surface area contributed by atoms with Crippen molar-refractivity contribution in [3.8, 4) is 28.3 Å². The van der Waals surface area contributed by atoms with Crippen LogP contribution in [0.1, 0.15) is 37.0 Å². The van der Waals surface area contributed by atoms with Gasteiger partial charge in [-0.2, -0.15) is 5.10 Å². The highest BCUT2D eigenvalue weighted by Gasteiger charge is 2.15. The minimum absolute atomic E-state index is 0.0227. The lowest BCUT2D eigenvalue weighted by Gasteiger charge is -2.17. The number of nitrogens with one attached hydrogen (secondary N) is 1. The number of rotatable bonds is 12. The first kappa shape index (κ1) is 28.6. The predicted octanol–water partition coefficient (Wildman–Crippen LogP) is 7.82. The van der Waals surface area contributed by atoms with Crippen molar-refractivity contribution in [1.29, 1.82) is 0 Å². The molecule has 0 atom stereocenters. The Bertz CT molecular complexity index is 1650. The van der Waals surface area contributed by atoms with Gasteiger partial charge in [0.1, 0.15) is 11.6 Å². The molecule has 214 valence electrons. The standard InChI is InChI=1S/C35H34FN3O3/c1-24(2)42-34-19-25(22-37-30-17-15-26(31(36)20-30)16-18-35(40)41)13-14-29(34)23-39-33(28-11-7-4-8-12-28)21-32(38-39)27-9-5-3-6-10-27/h3-15,17,19-21,24,37H,16,18,22-23H2,1-2H3,(H,40,41). The molecule has 0 amide bonds. The van der Waals surface area contributed by atoms with E-state index >= 15 is 0 Å². The smallest absolute Gasteiger partial charge is 0.303 e. The van der Waals surface area contributed by atoms with Crippen molar-refractivity contribution in [2.75, 3.05) is 5.32 Å². The minimum atomic E-state index is -0.944. The molecule has 5 aromatic rings. The van der Waals surface area contributed by atoms with Gasteiger partial charge in [0.05, 0.1) is 24.0 Å². The number of aryl methyl sites for hydroxylation is 1. The van der Waals surface area contributed by atoms with E-state index in [0.717, 1.165) is 39.4 Å². The van der Waals surface area contributed by atoms with E-state index in [1.165, 1.54) is 6.07 Å². The molecule has 0 aliphatic heterocycles. The highest BCUT2D eigenvalue weighted by atomic mass is 19.1. The second kappa shape index (κ2) is 13.2. The van der Waals surface area contributed by atoms with Gasteiger partial charge in [0.25, 0.3) is 0 Å². The number of hydrogen-bond acceptors (Lipinski definition) is 4. The molecule has 7 heteroatoms. The van der Waals surface area contributed by atoms with Crippen molar-refractivity contribution in [1.82, 2.24) is 9.78 Å². The van der Waals surface area contributed by atoms with Crippen molar-refractivity contribution < 1.29 is 19.0 Å². The van der Waals surface area contributed by atoms with Crippen LogP contribution >= 0.6 is 0 Å². The summed E-state index contributed by atoms with van der Waals surface area (Å²) >= 11 is 0. The molecule has 1 aromatic heterocycles. The fraction of sp³-hybridized carbons (Fsp3) is 0.200. The Balaban J connectivity index is 1.39. The van der Waals surface area contributed by atoms with Gasteiger partial charge >= 0.3 is 5.97 Å².